The molecule has 0 radical (unpaired) electrons. The number of ether oxygens (including phenoxy) is 1. The molecule has 2 N–H and O–H groups in total. The zero-order chi connectivity index (χ0) is 11.8. The number of fused-ring (bicyclic) bond motifs is 2. The number of carbonyl (C=O) groups is 1. The van der Waals surface area contributed by atoms with Gasteiger partial charge in [0, 0.05) is 6.04 Å². The van der Waals surface area contributed by atoms with Crippen LogP contribution in [-0.2, 0) is 4.74 Å². The predicted molar refractivity (Wildman–Crippen MR) is 62.2 cm³/mol. The second-order valence-electron chi connectivity index (χ2n) is 5.93. The first-order valence-corrected chi connectivity index (χ1v) is 6.16. The molecule has 0 aromatic rings. The Morgan fingerprint density at radius 3 is 2.31 bits per heavy atom. The lowest BCUT2D eigenvalue weighted by atomic mass is 9.94. The zero-order valence-electron chi connectivity index (χ0n) is 10.4. The van der Waals surface area contributed by atoms with E-state index in [1.807, 2.05) is 20.8 Å². The standard InChI is InChI=1S/C12H22N2O2/c1-12(2,3)16-11(15)14-10-8-4-5-9(10)7-13-6-8/h8-10,13H,4-7H2,1-3H3,(H,14,15)/t8-,9+,10?. The fraction of sp³-hybridized carbons (Fsp3) is 0.917. The Labute approximate surface area is 97.1 Å². The average Bonchev–Trinajstić information content (AvgIpc) is 2.39. The first-order chi connectivity index (χ1) is 7.46. The lowest BCUT2D eigenvalue weighted by Gasteiger charge is -2.32. The van der Waals surface area contributed by atoms with E-state index in [2.05, 4.69) is 10.6 Å². The van der Waals surface area contributed by atoms with E-state index in [1.165, 1.54) is 12.8 Å². The third-order valence-electron chi connectivity index (χ3n) is 3.42. The lowest BCUT2D eigenvalue weighted by molar-refractivity contribution is 0.0468. The highest BCUT2D eigenvalue weighted by Crippen LogP contribution is 2.33. The van der Waals surface area contributed by atoms with Crippen LogP contribution in [0.5, 0.6) is 0 Å². The summed E-state index contributed by atoms with van der Waals surface area (Å²) in [6.45, 7) is 7.73. The van der Waals surface area contributed by atoms with E-state index >= 15 is 0 Å². The molecular weight excluding hydrogens is 204 g/mol. The van der Waals surface area contributed by atoms with Gasteiger partial charge in [-0.15, -0.1) is 0 Å². The van der Waals surface area contributed by atoms with Crippen molar-refractivity contribution in [3.05, 3.63) is 0 Å². The molecule has 92 valence electrons. The number of hydrogen-bond acceptors (Lipinski definition) is 3. The molecule has 2 rings (SSSR count). The maximum Gasteiger partial charge on any atom is 0.407 e. The number of hydrogen-bond donors (Lipinski definition) is 2. The van der Waals surface area contributed by atoms with Gasteiger partial charge >= 0.3 is 6.09 Å². The van der Waals surface area contributed by atoms with Gasteiger partial charge < -0.3 is 15.4 Å². The summed E-state index contributed by atoms with van der Waals surface area (Å²) in [7, 11) is 0. The Morgan fingerprint density at radius 2 is 1.81 bits per heavy atom. The van der Waals surface area contributed by atoms with Gasteiger partial charge in [-0.2, -0.15) is 0 Å². The van der Waals surface area contributed by atoms with Gasteiger partial charge in [0.15, 0.2) is 0 Å². The summed E-state index contributed by atoms with van der Waals surface area (Å²) in [5.74, 6) is 1.18. The summed E-state index contributed by atoms with van der Waals surface area (Å²) in [5, 5.41) is 6.44. The second-order valence-corrected chi connectivity index (χ2v) is 5.93. The van der Waals surface area contributed by atoms with Gasteiger partial charge in [0.25, 0.3) is 0 Å². The van der Waals surface area contributed by atoms with Crippen LogP contribution < -0.4 is 10.6 Å². The Hall–Kier alpha value is -0.770. The fourth-order valence-electron chi connectivity index (χ4n) is 2.76. The Balaban J connectivity index is 1.88. The first kappa shape index (κ1) is 11.7. The average molecular weight is 226 g/mol. The molecule has 16 heavy (non-hydrogen) atoms. The van der Waals surface area contributed by atoms with Crippen molar-refractivity contribution in [2.75, 3.05) is 13.1 Å². The molecule has 1 aliphatic heterocycles. The minimum Gasteiger partial charge on any atom is -0.444 e. The molecule has 1 saturated heterocycles. The fourth-order valence-corrected chi connectivity index (χ4v) is 2.76. The molecular formula is C12H22N2O2. The molecule has 0 aromatic heterocycles. The largest absolute Gasteiger partial charge is 0.444 e. The maximum atomic E-state index is 11.7. The highest BCUT2D eigenvalue weighted by Gasteiger charge is 2.40. The Kier molecular flexibility index (Phi) is 3.10. The van der Waals surface area contributed by atoms with Crippen molar-refractivity contribution in [1.29, 1.82) is 0 Å². The van der Waals surface area contributed by atoms with E-state index in [-0.39, 0.29) is 6.09 Å². The summed E-state index contributed by atoms with van der Waals surface area (Å²) < 4.78 is 5.29. The van der Waals surface area contributed by atoms with Gasteiger partial charge in [-0.25, -0.2) is 4.79 Å². The van der Waals surface area contributed by atoms with E-state index in [0.717, 1.165) is 13.1 Å². The summed E-state index contributed by atoms with van der Waals surface area (Å²) in [5.41, 5.74) is -0.407. The quantitative estimate of drug-likeness (QED) is 0.712. The smallest absolute Gasteiger partial charge is 0.407 e. The van der Waals surface area contributed by atoms with Crippen molar-refractivity contribution in [3.8, 4) is 0 Å². The number of carbonyl (C=O) groups excluding carboxylic acids is 1. The summed E-state index contributed by atoms with van der Waals surface area (Å²) in [4.78, 5) is 11.7. The molecule has 4 nitrogen and oxygen atoms in total. The van der Waals surface area contributed by atoms with E-state index in [4.69, 9.17) is 4.74 Å². The minimum absolute atomic E-state index is 0.267. The van der Waals surface area contributed by atoms with Crippen LogP contribution in [0.1, 0.15) is 33.6 Å². The number of amides is 1. The predicted octanol–water partition coefficient (Wildman–Crippen LogP) is 1.51. The van der Waals surface area contributed by atoms with Crippen molar-refractivity contribution < 1.29 is 9.53 Å². The summed E-state index contributed by atoms with van der Waals surface area (Å²) in [6.07, 6.45) is 2.17. The van der Waals surface area contributed by atoms with E-state index in [9.17, 15) is 4.79 Å². The van der Waals surface area contributed by atoms with Crippen LogP contribution in [0, 0.1) is 11.8 Å². The van der Waals surface area contributed by atoms with Gasteiger partial charge in [-0.1, -0.05) is 0 Å². The van der Waals surface area contributed by atoms with Crippen LogP contribution in [0.3, 0.4) is 0 Å². The second kappa shape index (κ2) is 4.24. The van der Waals surface area contributed by atoms with Crippen molar-refractivity contribution >= 4 is 6.09 Å². The van der Waals surface area contributed by atoms with Crippen LogP contribution in [0.2, 0.25) is 0 Å². The molecule has 0 aromatic carbocycles. The first-order valence-electron chi connectivity index (χ1n) is 6.16. The van der Waals surface area contributed by atoms with Gasteiger partial charge in [-0.3, -0.25) is 0 Å². The SMILES string of the molecule is CC(C)(C)OC(=O)NC1[C@@H]2CC[C@H]1CNC2. The molecule has 0 spiro atoms. The molecule has 2 fully saturated rings. The van der Waals surface area contributed by atoms with E-state index in [1.54, 1.807) is 0 Å². The van der Waals surface area contributed by atoms with E-state index in [0.29, 0.717) is 17.9 Å². The minimum atomic E-state index is -0.407. The highest BCUT2D eigenvalue weighted by atomic mass is 16.6. The van der Waals surface area contributed by atoms with Gasteiger partial charge in [0.1, 0.15) is 5.60 Å². The molecule has 2 aliphatic rings. The van der Waals surface area contributed by atoms with Crippen molar-refractivity contribution in [2.24, 2.45) is 11.8 Å². The molecule has 1 aliphatic carbocycles. The third-order valence-corrected chi connectivity index (χ3v) is 3.42. The topological polar surface area (TPSA) is 50.4 Å². The van der Waals surface area contributed by atoms with E-state index < -0.39 is 5.60 Å². The zero-order valence-corrected chi connectivity index (χ0v) is 10.4. The highest BCUT2D eigenvalue weighted by molar-refractivity contribution is 5.68. The summed E-state index contributed by atoms with van der Waals surface area (Å²) in [6, 6.07) is 0.316. The number of nitrogens with one attached hydrogen (secondary N) is 2. The maximum absolute atomic E-state index is 11.7. The molecule has 2 bridgehead atoms. The number of alkyl carbamates (subject to hydrolysis) is 1. The van der Waals surface area contributed by atoms with Gasteiger partial charge in [0.2, 0.25) is 0 Å². The van der Waals surface area contributed by atoms with Crippen molar-refractivity contribution in [2.45, 2.75) is 45.3 Å². The molecule has 1 heterocycles. The third kappa shape index (κ3) is 2.67. The van der Waals surface area contributed by atoms with Crippen LogP contribution >= 0.6 is 0 Å². The van der Waals surface area contributed by atoms with Crippen molar-refractivity contribution in [3.63, 3.8) is 0 Å². The van der Waals surface area contributed by atoms with Crippen LogP contribution in [0.15, 0.2) is 0 Å². The number of piperidine rings is 1. The summed E-state index contributed by atoms with van der Waals surface area (Å²) >= 11 is 0. The molecule has 1 unspecified atom stereocenters. The molecule has 1 amide bonds. The van der Waals surface area contributed by atoms with Gasteiger partial charge in [-0.05, 0) is 58.5 Å². The Morgan fingerprint density at radius 1 is 1.25 bits per heavy atom. The van der Waals surface area contributed by atoms with Crippen LogP contribution in [-0.4, -0.2) is 30.8 Å². The molecule has 4 heteroatoms. The Bertz CT molecular complexity index is 257. The molecule has 3 atom stereocenters. The van der Waals surface area contributed by atoms with Crippen LogP contribution in [0.25, 0.3) is 0 Å². The normalized spacial score (nSPS) is 33.6. The van der Waals surface area contributed by atoms with Crippen LogP contribution in [0.4, 0.5) is 4.79 Å². The molecule has 1 saturated carbocycles. The lowest BCUT2D eigenvalue weighted by Crippen LogP contribution is -2.51. The van der Waals surface area contributed by atoms with Crippen molar-refractivity contribution in [1.82, 2.24) is 10.6 Å². The number of rotatable bonds is 1. The van der Waals surface area contributed by atoms with Gasteiger partial charge in [0.05, 0.1) is 0 Å². The monoisotopic (exact) mass is 226 g/mol.